The zero-order valence-electron chi connectivity index (χ0n) is 16.4. The normalized spacial score (nSPS) is 24.6. The van der Waals surface area contributed by atoms with Crippen molar-refractivity contribution >= 4 is 11.9 Å². The largest absolute Gasteiger partial charge is 0.458 e. The number of carbonyl (C=O) groups excluding carboxylic acids is 2. The Labute approximate surface area is 165 Å². The van der Waals surface area contributed by atoms with Crippen LogP contribution in [-0.4, -0.2) is 36.4 Å². The number of rotatable bonds is 5. The van der Waals surface area contributed by atoms with Gasteiger partial charge in [-0.15, -0.1) is 0 Å². The molecular weight excluding hydrogens is 356 g/mol. The lowest BCUT2D eigenvalue weighted by Crippen LogP contribution is -2.53. The zero-order valence-corrected chi connectivity index (χ0v) is 16.4. The van der Waals surface area contributed by atoms with Gasteiger partial charge in [-0.25, -0.2) is 0 Å². The van der Waals surface area contributed by atoms with E-state index in [1.165, 1.54) is 13.8 Å². The van der Waals surface area contributed by atoms with Gasteiger partial charge in [0.2, 0.25) is 0 Å². The molecule has 0 bridgehead atoms. The molecule has 0 radical (unpaired) electrons. The van der Waals surface area contributed by atoms with E-state index in [4.69, 9.17) is 14.2 Å². The summed E-state index contributed by atoms with van der Waals surface area (Å²) in [6.07, 6.45) is -1.39. The van der Waals surface area contributed by atoms with Crippen LogP contribution in [0.5, 0.6) is 0 Å². The average molecular weight is 382 g/mol. The van der Waals surface area contributed by atoms with Gasteiger partial charge in [-0.05, 0) is 18.1 Å². The summed E-state index contributed by atoms with van der Waals surface area (Å²) in [7, 11) is 0. The molecule has 1 aliphatic rings. The summed E-state index contributed by atoms with van der Waals surface area (Å²) in [5.41, 5.74) is 2.10. The highest BCUT2D eigenvalue weighted by Crippen LogP contribution is 2.38. The fraction of sp³-hybridized carbons (Fsp3) is 0.391. The van der Waals surface area contributed by atoms with E-state index in [1.54, 1.807) is 0 Å². The van der Waals surface area contributed by atoms with Gasteiger partial charge in [0.05, 0.1) is 6.10 Å². The summed E-state index contributed by atoms with van der Waals surface area (Å²) in [4.78, 5) is 23.5. The van der Waals surface area contributed by atoms with Crippen LogP contribution in [0.15, 0.2) is 60.7 Å². The Kier molecular flexibility index (Phi) is 6.47. The Hall–Kier alpha value is -2.66. The van der Waals surface area contributed by atoms with E-state index < -0.39 is 30.3 Å². The number of hydrogen-bond donors (Lipinski definition) is 0. The molecular formula is C23H26O5. The highest BCUT2D eigenvalue weighted by atomic mass is 16.6. The van der Waals surface area contributed by atoms with E-state index >= 15 is 0 Å². The van der Waals surface area contributed by atoms with Gasteiger partial charge in [-0.1, -0.05) is 60.7 Å². The Morgan fingerprint density at radius 3 is 1.86 bits per heavy atom. The van der Waals surface area contributed by atoms with E-state index in [9.17, 15) is 9.59 Å². The standard InChI is InChI=1S/C23H26O5/c1-15-14-20(27-16(2)24)22(28-17(3)25)23(26-15)21(18-10-6-4-7-11-18)19-12-8-5-9-13-19/h4-13,15,20-23H,14H2,1-3H3/t15-,20-,22-,23+/m1/s1. The lowest BCUT2D eigenvalue weighted by atomic mass is 9.80. The molecule has 0 spiro atoms. The first-order valence-corrected chi connectivity index (χ1v) is 9.55. The predicted molar refractivity (Wildman–Crippen MR) is 105 cm³/mol. The zero-order chi connectivity index (χ0) is 20.1. The van der Waals surface area contributed by atoms with Crippen molar-refractivity contribution in [1.29, 1.82) is 0 Å². The number of hydrogen-bond acceptors (Lipinski definition) is 5. The Bertz CT molecular complexity index is 750. The van der Waals surface area contributed by atoms with Gasteiger partial charge in [-0.2, -0.15) is 0 Å². The van der Waals surface area contributed by atoms with Crippen molar-refractivity contribution in [1.82, 2.24) is 0 Å². The maximum atomic E-state index is 11.8. The summed E-state index contributed by atoms with van der Waals surface area (Å²) < 4.78 is 17.5. The molecule has 0 N–H and O–H groups in total. The van der Waals surface area contributed by atoms with Crippen LogP contribution in [0.3, 0.4) is 0 Å². The topological polar surface area (TPSA) is 61.8 Å². The van der Waals surface area contributed by atoms with Crippen LogP contribution in [0.2, 0.25) is 0 Å². The van der Waals surface area contributed by atoms with Gasteiger partial charge in [-0.3, -0.25) is 9.59 Å². The number of benzene rings is 2. The van der Waals surface area contributed by atoms with Crippen molar-refractivity contribution in [3.05, 3.63) is 71.8 Å². The Balaban J connectivity index is 2.06. The molecule has 1 fully saturated rings. The minimum atomic E-state index is -0.692. The van der Waals surface area contributed by atoms with E-state index in [-0.39, 0.29) is 12.0 Å². The predicted octanol–water partition coefficient (Wildman–Crippen LogP) is 3.86. The molecule has 2 aromatic rings. The first-order valence-electron chi connectivity index (χ1n) is 9.55. The molecule has 1 saturated heterocycles. The molecule has 5 heteroatoms. The molecule has 148 valence electrons. The lowest BCUT2D eigenvalue weighted by Gasteiger charge is -2.43. The van der Waals surface area contributed by atoms with E-state index in [1.807, 2.05) is 67.6 Å². The fourth-order valence-electron chi connectivity index (χ4n) is 3.90. The third-order valence-electron chi connectivity index (χ3n) is 4.91. The summed E-state index contributed by atoms with van der Waals surface area (Å²) in [6, 6.07) is 20.0. The fourth-order valence-corrected chi connectivity index (χ4v) is 3.90. The first-order chi connectivity index (χ1) is 13.5. The lowest BCUT2D eigenvalue weighted by molar-refractivity contribution is -0.206. The van der Waals surface area contributed by atoms with Crippen LogP contribution in [0.25, 0.3) is 0 Å². The number of ether oxygens (including phenoxy) is 3. The van der Waals surface area contributed by atoms with Crippen LogP contribution in [0.4, 0.5) is 0 Å². The highest BCUT2D eigenvalue weighted by molar-refractivity contribution is 5.67. The molecule has 28 heavy (non-hydrogen) atoms. The van der Waals surface area contributed by atoms with Gasteiger partial charge in [0.25, 0.3) is 0 Å². The summed E-state index contributed by atoms with van der Waals surface area (Å²) in [5, 5.41) is 0. The third-order valence-corrected chi connectivity index (χ3v) is 4.91. The SMILES string of the molecule is CC(=O)O[C@@H]1[C@H](OC(C)=O)C[C@@H](C)O[C@H]1C(c1ccccc1)c1ccccc1. The van der Waals surface area contributed by atoms with E-state index in [2.05, 4.69) is 0 Å². The quantitative estimate of drug-likeness (QED) is 0.735. The molecule has 0 amide bonds. The number of carbonyl (C=O) groups is 2. The maximum absolute atomic E-state index is 11.8. The van der Waals surface area contributed by atoms with Gasteiger partial charge in [0.1, 0.15) is 12.2 Å². The molecule has 3 rings (SSSR count). The summed E-state index contributed by atoms with van der Waals surface area (Å²) in [5.74, 6) is -0.997. The van der Waals surface area contributed by atoms with Crippen molar-refractivity contribution in [2.75, 3.05) is 0 Å². The Morgan fingerprint density at radius 1 is 0.893 bits per heavy atom. The van der Waals surface area contributed by atoms with Crippen LogP contribution in [-0.2, 0) is 23.8 Å². The van der Waals surface area contributed by atoms with Crippen molar-refractivity contribution in [3.63, 3.8) is 0 Å². The molecule has 1 heterocycles. The van der Waals surface area contributed by atoms with Gasteiger partial charge < -0.3 is 14.2 Å². The highest BCUT2D eigenvalue weighted by Gasteiger charge is 2.46. The molecule has 0 aliphatic carbocycles. The molecule has 1 aliphatic heterocycles. The third kappa shape index (κ3) is 4.78. The van der Waals surface area contributed by atoms with Crippen LogP contribution in [0.1, 0.15) is 44.2 Å². The molecule has 5 nitrogen and oxygen atoms in total. The van der Waals surface area contributed by atoms with E-state index in [0.29, 0.717) is 6.42 Å². The minimum absolute atomic E-state index is 0.143. The van der Waals surface area contributed by atoms with Crippen molar-refractivity contribution < 1.29 is 23.8 Å². The second kappa shape index (κ2) is 9.02. The summed E-state index contributed by atoms with van der Waals surface area (Å²) >= 11 is 0. The molecule has 0 unspecified atom stereocenters. The number of esters is 2. The smallest absolute Gasteiger partial charge is 0.303 e. The van der Waals surface area contributed by atoms with Crippen LogP contribution >= 0.6 is 0 Å². The van der Waals surface area contributed by atoms with Crippen molar-refractivity contribution in [2.45, 2.75) is 57.5 Å². The monoisotopic (exact) mass is 382 g/mol. The van der Waals surface area contributed by atoms with Crippen LogP contribution in [0, 0.1) is 0 Å². The minimum Gasteiger partial charge on any atom is -0.458 e. The molecule has 2 aromatic carbocycles. The van der Waals surface area contributed by atoms with Gasteiger partial charge >= 0.3 is 11.9 Å². The molecule has 4 atom stereocenters. The second-order valence-corrected chi connectivity index (χ2v) is 7.17. The van der Waals surface area contributed by atoms with Gasteiger partial charge in [0, 0.05) is 26.2 Å². The maximum Gasteiger partial charge on any atom is 0.303 e. The molecule has 0 aromatic heterocycles. The first kappa shape index (κ1) is 20.1. The second-order valence-electron chi connectivity index (χ2n) is 7.17. The van der Waals surface area contributed by atoms with E-state index in [0.717, 1.165) is 11.1 Å². The molecule has 0 saturated carbocycles. The Morgan fingerprint density at radius 2 is 1.39 bits per heavy atom. The van der Waals surface area contributed by atoms with Gasteiger partial charge in [0.15, 0.2) is 6.10 Å². The van der Waals surface area contributed by atoms with Crippen molar-refractivity contribution in [2.24, 2.45) is 0 Å². The van der Waals surface area contributed by atoms with Crippen molar-refractivity contribution in [3.8, 4) is 0 Å². The summed E-state index contributed by atoms with van der Waals surface area (Å²) in [6.45, 7) is 4.67. The van der Waals surface area contributed by atoms with Crippen LogP contribution < -0.4 is 0 Å². The average Bonchev–Trinajstić information content (AvgIpc) is 2.65.